The predicted molar refractivity (Wildman–Crippen MR) is 275 cm³/mol. The lowest BCUT2D eigenvalue weighted by Gasteiger charge is -2.34. The molecule has 1 nitrogen and oxygen atoms in total. The van der Waals surface area contributed by atoms with Gasteiger partial charge in [-0.2, -0.15) is 0 Å². The van der Waals surface area contributed by atoms with Crippen molar-refractivity contribution in [2.45, 2.75) is 50.4 Å². The Balaban J connectivity index is 0.958. The lowest BCUT2D eigenvalue weighted by molar-refractivity contribution is 0.485. The van der Waals surface area contributed by atoms with Gasteiger partial charge in [0, 0.05) is 22.2 Å². The summed E-state index contributed by atoms with van der Waals surface area (Å²) in [7, 11) is 0. The number of anilines is 3. The average molecular weight is 834 g/mol. The summed E-state index contributed by atoms with van der Waals surface area (Å²) in [4.78, 5) is 2.49. The van der Waals surface area contributed by atoms with Gasteiger partial charge in [0.15, 0.2) is 0 Å². The number of fused-ring (bicyclic) bond motifs is 8. The van der Waals surface area contributed by atoms with Gasteiger partial charge in [0.05, 0.1) is 11.1 Å². The van der Waals surface area contributed by atoms with Crippen molar-refractivity contribution >= 4 is 50.3 Å². The molecule has 9 aromatic rings. The second-order valence-corrected chi connectivity index (χ2v) is 18.1. The molecule has 0 unspecified atom stereocenters. The van der Waals surface area contributed by atoms with Crippen LogP contribution >= 0.6 is 0 Å². The smallest absolute Gasteiger partial charge is 0.0713 e. The monoisotopic (exact) mass is 833 g/mol. The average Bonchev–Trinajstić information content (AvgIpc) is 3.84. The molecule has 0 saturated heterocycles. The van der Waals surface area contributed by atoms with Crippen molar-refractivity contribution in [2.24, 2.45) is 0 Å². The van der Waals surface area contributed by atoms with Crippen LogP contribution in [0.1, 0.15) is 78.5 Å². The fourth-order valence-electron chi connectivity index (χ4n) is 12.2. The summed E-state index contributed by atoms with van der Waals surface area (Å²) in [6.07, 6.45) is 11.6. The minimum atomic E-state index is -0.407. The molecule has 0 atom stereocenters. The summed E-state index contributed by atoms with van der Waals surface area (Å²) in [5.41, 5.74) is 19.6. The van der Waals surface area contributed by atoms with Gasteiger partial charge in [-0.25, -0.2) is 0 Å². The van der Waals surface area contributed by atoms with E-state index in [1.165, 1.54) is 99.7 Å². The zero-order valence-corrected chi connectivity index (χ0v) is 37.1. The van der Waals surface area contributed by atoms with Gasteiger partial charge in [-0.05, 0) is 139 Å². The van der Waals surface area contributed by atoms with Crippen molar-refractivity contribution in [1.29, 1.82) is 0 Å². The molecular formula is C64H51N. The number of benzene rings is 9. The summed E-state index contributed by atoms with van der Waals surface area (Å²) in [6.45, 7) is 4.80. The Hall–Kier alpha value is -7.48. The van der Waals surface area contributed by atoms with Crippen molar-refractivity contribution in [2.75, 3.05) is 4.90 Å². The molecular weight excluding hydrogens is 783 g/mol. The number of rotatable bonds is 9. The van der Waals surface area contributed by atoms with Crippen LogP contribution in [0.5, 0.6) is 0 Å². The van der Waals surface area contributed by atoms with Gasteiger partial charge in [-0.3, -0.25) is 0 Å². The van der Waals surface area contributed by atoms with Crippen molar-refractivity contribution in [3.05, 3.63) is 268 Å². The van der Waals surface area contributed by atoms with E-state index in [9.17, 15) is 0 Å². The fraction of sp³-hybridized carbons (Fsp3) is 0.125. The molecule has 0 spiro atoms. The van der Waals surface area contributed by atoms with Gasteiger partial charge >= 0.3 is 0 Å². The summed E-state index contributed by atoms with van der Waals surface area (Å²) < 4.78 is 0. The highest BCUT2D eigenvalue weighted by atomic mass is 15.1. The van der Waals surface area contributed by atoms with Crippen molar-refractivity contribution in [3.8, 4) is 11.1 Å². The molecule has 0 radical (unpaired) electrons. The van der Waals surface area contributed by atoms with E-state index < -0.39 is 5.41 Å². The summed E-state index contributed by atoms with van der Waals surface area (Å²) >= 11 is 0. The topological polar surface area (TPSA) is 3.24 Å². The third-order valence-electron chi connectivity index (χ3n) is 15.1. The van der Waals surface area contributed by atoms with E-state index >= 15 is 0 Å². The van der Waals surface area contributed by atoms with Crippen LogP contribution in [0.25, 0.3) is 44.3 Å². The van der Waals surface area contributed by atoms with Crippen molar-refractivity contribution in [1.82, 2.24) is 0 Å². The zero-order valence-electron chi connectivity index (χ0n) is 37.1. The molecule has 0 N–H and O–H groups in total. The molecule has 0 bridgehead atoms. The van der Waals surface area contributed by atoms with Crippen LogP contribution in [0, 0.1) is 0 Å². The number of hydrogen-bond donors (Lipinski definition) is 0. The first-order chi connectivity index (χ1) is 32.1. The van der Waals surface area contributed by atoms with Gasteiger partial charge in [0.2, 0.25) is 0 Å². The molecule has 1 heteroatoms. The van der Waals surface area contributed by atoms with Crippen LogP contribution in [0.4, 0.5) is 17.1 Å². The highest BCUT2D eigenvalue weighted by Crippen LogP contribution is 2.58. The normalized spacial score (nSPS) is 15.4. The number of allylic oxidation sites excluding steroid dienone is 5. The van der Waals surface area contributed by atoms with E-state index in [0.717, 1.165) is 31.4 Å². The van der Waals surface area contributed by atoms with Crippen molar-refractivity contribution in [3.63, 3.8) is 0 Å². The van der Waals surface area contributed by atoms with E-state index in [4.69, 9.17) is 0 Å². The number of nitrogens with zero attached hydrogens (tertiary/aromatic N) is 1. The quantitative estimate of drug-likeness (QED) is 0.131. The van der Waals surface area contributed by atoms with Gasteiger partial charge in [-0.1, -0.05) is 208 Å². The second kappa shape index (κ2) is 15.6. The third kappa shape index (κ3) is 5.92. The first kappa shape index (κ1) is 39.1. The fourth-order valence-corrected chi connectivity index (χ4v) is 12.2. The molecule has 0 aliphatic heterocycles. The SMILES string of the molecule is CCC1(CC)C2=C(CCC(/C=C/c3cccc4c3-c3ccccc3C4(c3ccccc3)c3ccccc3)=C2)c2ccc(N(c3ccccc3)c3cc4ccccc4c4ccccc34)cc21. The molecule has 3 aliphatic rings. The Bertz CT molecular complexity index is 3340. The highest BCUT2D eigenvalue weighted by molar-refractivity contribution is 6.14. The number of hydrogen-bond acceptors (Lipinski definition) is 1. The molecule has 0 aromatic heterocycles. The second-order valence-electron chi connectivity index (χ2n) is 18.1. The van der Waals surface area contributed by atoms with Gasteiger partial charge in [0.1, 0.15) is 0 Å². The van der Waals surface area contributed by atoms with Gasteiger partial charge < -0.3 is 4.90 Å². The molecule has 9 aromatic carbocycles. The molecule has 0 amide bonds. The van der Waals surface area contributed by atoms with E-state index in [0.29, 0.717) is 0 Å². The van der Waals surface area contributed by atoms with Crippen LogP contribution in [0.2, 0.25) is 0 Å². The molecule has 12 rings (SSSR count). The summed E-state index contributed by atoms with van der Waals surface area (Å²) in [5, 5.41) is 5.06. The van der Waals surface area contributed by atoms with Crippen LogP contribution in [0.3, 0.4) is 0 Å². The Labute approximate surface area is 383 Å². The largest absolute Gasteiger partial charge is 0.310 e. The summed E-state index contributed by atoms with van der Waals surface area (Å²) in [5.74, 6) is 0. The third-order valence-corrected chi connectivity index (χ3v) is 15.1. The molecule has 0 saturated carbocycles. The lowest BCUT2D eigenvalue weighted by atomic mass is 9.67. The van der Waals surface area contributed by atoms with E-state index in [-0.39, 0.29) is 5.41 Å². The maximum Gasteiger partial charge on any atom is 0.0713 e. The minimum absolute atomic E-state index is 0.0775. The first-order valence-electron chi connectivity index (χ1n) is 23.5. The predicted octanol–water partition coefficient (Wildman–Crippen LogP) is 17.1. The Morgan fingerprint density at radius 1 is 0.477 bits per heavy atom. The van der Waals surface area contributed by atoms with Crippen LogP contribution in [-0.4, -0.2) is 0 Å². The Morgan fingerprint density at radius 3 is 1.85 bits per heavy atom. The van der Waals surface area contributed by atoms with Crippen LogP contribution in [-0.2, 0) is 10.8 Å². The Kier molecular flexibility index (Phi) is 9.42. The van der Waals surface area contributed by atoms with E-state index in [2.05, 4.69) is 243 Å². The van der Waals surface area contributed by atoms with E-state index in [1.54, 1.807) is 0 Å². The Morgan fingerprint density at radius 2 is 1.11 bits per heavy atom. The van der Waals surface area contributed by atoms with Gasteiger partial charge in [0.25, 0.3) is 0 Å². The van der Waals surface area contributed by atoms with Crippen LogP contribution < -0.4 is 4.90 Å². The van der Waals surface area contributed by atoms with Crippen molar-refractivity contribution < 1.29 is 0 Å². The van der Waals surface area contributed by atoms with Gasteiger partial charge in [-0.15, -0.1) is 0 Å². The zero-order chi connectivity index (χ0) is 43.5. The number of para-hydroxylation sites is 1. The maximum atomic E-state index is 2.57. The maximum absolute atomic E-state index is 2.57. The molecule has 312 valence electrons. The van der Waals surface area contributed by atoms with Crippen LogP contribution in [0.15, 0.2) is 230 Å². The summed E-state index contributed by atoms with van der Waals surface area (Å²) in [6, 6.07) is 76.6. The minimum Gasteiger partial charge on any atom is -0.310 e. The molecule has 3 aliphatic carbocycles. The lowest BCUT2D eigenvalue weighted by Crippen LogP contribution is -2.28. The highest BCUT2D eigenvalue weighted by Gasteiger charge is 2.47. The molecule has 0 fully saturated rings. The standard InChI is InChI=1S/C64H51N/c1-3-63(4-2)59-41-44(35-37-45-22-20-34-58-62(45)56-32-18-19-33-57(56)64(58,47-23-8-5-9-24-47)48-25-10-6-11-26-48)36-39-53(59)54-40-38-50(43-60(54)63)65(49-27-12-7-13-28-49)61-42-46-21-14-15-29-51(46)52-30-16-17-31-55(52)61/h5-35,37-38,40-43H,3-4,36,39H2,1-2H3/b37-35+. The molecule has 65 heavy (non-hydrogen) atoms. The first-order valence-corrected chi connectivity index (χ1v) is 23.5. The molecule has 0 heterocycles. The van der Waals surface area contributed by atoms with E-state index in [1.807, 2.05) is 0 Å².